The van der Waals surface area contributed by atoms with Crippen LogP contribution in [0.2, 0.25) is 0 Å². The van der Waals surface area contributed by atoms with E-state index in [-0.39, 0.29) is 30.8 Å². The number of esters is 1. The fraction of sp³-hybridized carbons (Fsp3) is 0.556. The normalized spacial score (nSPS) is 22.9. The molecule has 1 rings (SSSR count). The van der Waals surface area contributed by atoms with Crippen LogP contribution in [0.4, 0.5) is 4.79 Å². The SMILES string of the molecule is C=CC1CC1C(=O)OC(=O)OCC.Cl. The zero-order chi connectivity index (χ0) is 9.84. The van der Waals surface area contributed by atoms with Crippen LogP contribution in [-0.4, -0.2) is 18.7 Å². The quantitative estimate of drug-likeness (QED) is 0.414. The van der Waals surface area contributed by atoms with Crippen molar-refractivity contribution >= 4 is 24.5 Å². The Labute approximate surface area is 88.7 Å². The number of carbonyl (C=O) groups excluding carboxylic acids is 2. The van der Waals surface area contributed by atoms with E-state index in [9.17, 15) is 9.59 Å². The summed E-state index contributed by atoms with van der Waals surface area (Å²) in [6.45, 7) is 5.41. The number of hydrogen-bond donors (Lipinski definition) is 0. The summed E-state index contributed by atoms with van der Waals surface area (Å²) in [5, 5.41) is 0. The average Bonchev–Trinajstić information content (AvgIpc) is 2.82. The molecule has 14 heavy (non-hydrogen) atoms. The second-order valence-electron chi connectivity index (χ2n) is 2.85. The summed E-state index contributed by atoms with van der Waals surface area (Å²) < 4.78 is 8.85. The molecule has 0 N–H and O–H groups in total. The minimum atomic E-state index is -0.915. The van der Waals surface area contributed by atoms with Crippen molar-refractivity contribution in [3.8, 4) is 0 Å². The van der Waals surface area contributed by atoms with Gasteiger partial charge < -0.3 is 9.47 Å². The summed E-state index contributed by atoms with van der Waals surface area (Å²) >= 11 is 0. The van der Waals surface area contributed by atoms with Crippen molar-refractivity contribution in [2.24, 2.45) is 11.8 Å². The van der Waals surface area contributed by atoms with Crippen molar-refractivity contribution in [2.45, 2.75) is 13.3 Å². The van der Waals surface area contributed by atoms with E-state index in [4.69, 9.17) is 0 Å². The van der Waals surface area contributed by atoms with Crippen LogP contribution in [0, 0.1) is 11.8 Å². The van der Waals surface area contributed by atoms with E-state index in [2.05, 4.69) is 16.1 Å². The highest BCUT2D eigenvalue weighted by Crippen LogP contribution is 2.40. The van der Waals surface area contributed by atoms with Crippen molar-refractivity contribution < 1.29 is 19.1 Å². The lowest BCUT2D eigenvalue weighted by Gasteiger charge is -2.00. The molecule has 5 heteroatoms. The highest BCUT2D eigenvalue weighted by atomic mass is 35.5. The first kappa shape index (κ1) is 13.0. The van der Waals surface area contributed by atoms with Crippen LogP contribution in [-0.2, 0) is 14.3 Å². The van der Waals surface area contributed by atoms with Gasteiger partial charge in [-0.25, -0.2) is 4.79 Å². The largest absolute Gasteiger partial charge is 0.516 e. The summed E-state index contributed by atoms with van der Waals surface area (Å²) in [5.74, 6) is -0.535. The Bertz CT molecular complexity index is 239. The van der Waals surface area contributed by atoms with Crippen LogP contribution >= 0.6 is 12.4 Å². The van der Waals surface area contributed by atoms with Gasteiger partial charge in [0, 0.05) is 0 Å². The van der Waals surface area contributed by atoms with Gasteiger partial charge in [0.05, 0.1) is 12.5 Å². The number of allylic oxidation sites excluding steroid dienone is 1. The molecule has 0 aromatic heterocycles. The Morgan fingerprint density at radius 1 is 1.57 bits per heavy atom. The third-order valence-corrected chi connectivity index (χ3v) is 1.89. The second kappa shape index (κ2) is 5.65. The predicted octanol–water partition coefficient (Wildman–Crippen LogP) is 1.93. The number of halogens is 1. The third kappa shape index (κ3) is 3.38. The van der Waals surface area contributed by atoms with E-state index >= 15 is 0 Å². The zero-order valence-corrected chi connectivity index (χ0v) is 8.71. The molecule has 0 aliphatic heterocycles. The molecular weight excluding hydrogens is 208 g/mol. The molecule has 0 amide bonds. The third-order valence-electron chi connectivity index (χ3n) is 1.89. The summed E-state index contributed by atoms with van der Waals surface area (Å²) in [6.07, 6.45) is 1.50. The molecule has 1 aliphatic carbocycles. The van der Waals surface area contributed by atoms with E-state index in [1.165, 1.54) is 0 Å². The topological polar surface area (TPSA) is 52.6 Å². The number of rotatable bonds is 3. The molecule has 80 valence electrons. The Hall–Kier alpha value is -1.03. The van der Waals surface area contributed by atoms with Crippen molar-refractivity contribution in [3.63, 3.8) is 0 Å². The van der Waals surface area contributed by atoms with Gasteiger partial charge in [-0.05, 0) is 19.3 Å². The Balaban J connectivity index is 0.00000169. The van der Waals surface area contributed by atoms with E-state index in [1.54, 1.807) is 13.0 Å². The van der Waals surface area contributed by atoms with Crippen molar-refractivity contribution in [3.05, 3.63) is 12.7 Å². The Morgan fingerprint density at radius 2 is 2.21 bits per heavy atom. The first-order valence-electron chi connectivity index (χ1n) is 4.20. The summed E-state index contributed by atoms with van der Waals surface area (Å²) in [5.41, 5.74) is 0. The molecule has 0 bridgehead atoms. The summed E-state index contributed by atoms with van der Waals surface area (Å²) in [7, 11) is 0. The fourth-order valence-electron chi connectivity index (χ4n) is 1.05. The molecule has 2 atom stereocenters. The molecule has 0 saturated heterocycles. The van der Waals surface area contributed by atoms with Gasteiger partial charge in [0.2, 0.25) is 0 Å². The molecule has 0 aromatic rings. The van der Waals surface area contributed by atoms with Gasteiger partial charge >= 0.3 is 12.1 Å². The molecule has 2 unspecified atom stereocenters. The number of carbonyl (C=O) groups is 2. The van der Waals surface area contributed by atoms with Crippen LogP contribution in [0.1, 0.15) is 13.3 Å². The molecule has 1 aliphatic rings. The van der Waals surface area contributed by atoms with Gasteiger partial charge in [-0.2, -0.15) is 0 Å². The molecule has 4 nitrogen and oxygen atoms in total. The van der Waals surface area contributed by atoms with E-state index in [0.29, 0.717) is 0 Å². The van der Waals surface area contributed by atoms with Gasteiger partial charge in [0.25, 0.3) is 0 Å². The van der Waals surface area contributed by atoms with Crippen LogP contribution in [0.3, 0.4) is 0 Å². The summed E-state index contributed by atoms with van der Waals surface area (Å²) in [4.78, 5) is 21.8. The van der Waals surface area contributed by atoms with Crippen LogP contribution in [0.25, 0.3) is 0 Å². The van der Waals surface area contributed by atoms with Crippen LogP contribution in [0.15, 0.2) is 12.7 Å². The van der Waals surface area contributed by atoms with E-state index in [1.807, 2.05) is 0 Å². The first-order valence-corrected chi connectivity index (χ1v) is 4.20. The van der Waals surface area contributed by atoms with Crippen molar-refractivity contribution in [1.82, 2.24) is 0 Å². The van der Waals surface area contributed by atoms with Gasteiger partial charge in [0.1, 0.15) is 0 Å². The first-order chi connectivity index (χ1) is 6.19. The molecule has 0 spiro atoms. The zero-order valence-electron chi connectivity index (χ0n) is 7.89. The van der Waals surface area contributed by atoms with Gasteiger partial charge in [-0.15, -0.1) is 19.0 Å². The van der Waals surface area contributed by atoms with Crippen LogP contribution < -0.4 is 0 Å². The molecular formula is C9H13ClO4. The van der Waals surface area contributed by atoms with E-state index < -0.39 is 12.1 Å². The molecule has 0 radical (unpaired) electrons. The highest BCUT2D eigenvalue weighted by molar-refractivity contribution is 5.85. The Kier molecular flexibility index (Phi) is 5.23. The lowest BCUT2D eigenvalue weighted by atomic mass is 10.3. The van der Waals surface area contributed by atoms with Crippen LogP contribution in [0.5, 0.6) is 0 Å². The van der Waals surface area contributed by atoms with Crippen molar-refractivity contribution in [2.75, 3.05) is 6.61 Å². The average molecular weight is 221 g/mol. The number of hydrogen-bond acceptors (Lipinski definition) is 4. The molecule has 1 saturated carbocycles. The monoisotopic (exact) mass is 220 g/mol. The minimum absolute atomic E-state index is 0. The molecule has 1 fully saturated rings. The highest BCUT2D eigenvalue weighted by Gasteiger charge is 2.43. The lowest BCUT2D eigenvalue weighted by molar-refractivity contribution is -0.141. The van der Waals surface area contributed by atoms with Crippen molar-refractivity contribution in [1.29, 1.82) is 0 Å². The number of ether oxygens (including phenoxy) is 2. The molecule has 0 heterocycles. The fourth-order valence-corrected chi connectivity index (χ4v) is 1.05. The maximum absolute atomic E-state index is 11.1. The van der Waals surface area contributed by atoms with Gasteiger partial charge in [0.15, 0.2) is 0 Å². The van der Waals surface area contributed by atoms with Gasteiger partial charge in [-0.3, -0.25) is 4.79 Å². The molecule has 0 aromatic carbocycles. The Morgan fingerprint density at radius 3 is 2.64 bits per heavy atom. The maximum Gasteiger partial charge on any atom is 0.516 e. The second-order valence-corrected chi connectivity index (χ2v) is 2.85. The van der Waals surface area contributed by atoms with Gasteiger partial charge in [-0.1, -0.05) is 6.08 Å². The smallest absolute Gasteiger partial charge is 0.434 e. The standard InChI is InChI=1S/C9H12O4.ClH/c1-3-6-5-7(6)8(10)13-9(11)12-4-2;/h3,6-7H,1,4-5H2,2H3;1H. The minimum Gasteiger partial charge on any atom is -0.434 e. The lowest BCUT2D eigenvalue weighted by Crippen LogP contribution is -2.15. The van der Waals surface area contributed by atoms with E-state index in [0.717, 1.165) is 6.42 Å². The summed E-state index contributed by atoms with van der Waals surface area (Å²) in [6, 6.07) is 0. The predicted molar refractivity (Wildman–Crippen MR) is 52.2 cm³/mol. The maximum atomic E-state index is 11.1.